The Hall–Kier alpha value is -1.25. The van der Waals surface area contributed by atoms with Gasteiger partial charge in [-0.25, -0.2) is 0 Å². The molecule has 0 amide bonds. The number of rotatable bonds is 7. The molecular formula is C13H16BrN3O3S. The Kier molecular flexibility index (Phi) is 5.89. The highest BCUT2D eigenvalue weighted by Crippen LogP contribution is 2.30. The molecule has 0 aliphatic heterocycles. The summed E-state index contributed by atoms with van der Waals surface area (Å²) in [6.45, 7) is 3.93. The third kappa shape index (κ3) is 4.62. The maximum absolute atomic E-state index is 11.2. The van der Waals surface area contributed by atoms with Crippen LogP contribution in [0.3, 0.4) is 0 Å². The summed E-state index contributed by atoms with van der Waals surface area (Å²) in [5.41, 5.74) is 0. The normalized spacial score (nSPS) is 11.0. The number of carbonyl (C=O) groups excluding carboxylic acids is 1. The van der Waals surface area contributed by atoms with Gasteiger partial charge in [-0.05, 0) is 34.6 Å². The third-order valence-corrected chi connectivity index (χ3v) is 4.53. The van der Waals surface area contributed by atoms with E-state index in [1.165, 1.54) is 7.11 Å². The van der Waals surface area contributed by atoms with Crippen LogP contribution in [0.15, 0.2) is 20.3 Å². The van der Waals surface area contributed by atoms with Gasteiger partial charge in [-0.3, -0.25) is 9.69 Å². The fraction of sp³-hybridized carbons (Fsp3) is 0.462. The SMILES string of the molecule is CCN(CCC(=O)OC)Cc1nnc(-c2ccc(Br)s2)o1. The molecule has 2 rings (SSSR count). The van der Waals surface area contributed by atoms with Crippen molar-refractivity contribution in [1.82, 2.24) is 15.1 Å². The van der Waals surface area contributed by atoms with E-state index in [0.717, 1.165) is 15.2 Å². The lowest BCUT2D eigenvalue weighted by Crippen LogP contribution is -2.26. The van der Waals surface area contributed by atoms with Gasteiger partial charge in [0.1, 0.15) is 0 Å². The minimum absolute atomic E-state index is 0.219. The molecule has 0 radical (unpaired) electrons. The largest absolute Gasteiger partial charge is 0.469 e. The second kappa shape index (κ2) is 7.67. The highest BCUT2D eigenvalue weighted by atomic mass is 79.9. The number of esters is 1. The number of methoxy groups -OCH3 is 1. The number of nitrogens with zero attached hydrogens (tertiary/aromatic N) is 3. The summed E-state index contributed by atoms with van der Waals surface area (Å²) < 4.78 is 11.3. The van der Waals surface area contributed by atoms with Crippen LogP contribution in [0, 0.1) is 0 Å². The van der Waals surface area contributed by atoms with Gasteiger partial charge in [-0.2, -0.15) is 0 Å². The first kappa shape index (κ1) is 16.1. The van der Waals surface area contributed by atoms with E-state index in [-0.39, 0.29) is 5.97 Å². The number of thiophene rings is 1. The van der Waals surface area contributed by atoms with E-state index in [1.54, 1.807) is 11.3 Å². The van der Waals surface area contributed by atoms with Crippen molar-refractivity contribution >= 4 is 33.2 Å². The van der Waals surface area contributed by atoms with Crippen LogP contribution in [0.5, 0.6) is 0 Å². The lowest BCUT2D eigenvalue weighted by atomic mass is 10.3. The number of aromatic nitrogens is 2. The summed E-state index contributed by atoms with van der Waals surface area (Å²) >= 11 is 4.95. The number of carbonyl (C=O) groups is 1. The van der Waals surface area contributed by atoms with E-state index >= 15 is 0 Å². The predicted octanol–water partition coefficient (Wildman–Crippen LogP) is 2.95. The molecule has 8 heteroatoms. The molecule has 0 spiro atoms. The number of halogens is 1. The first-order valence-electron chi connectivity index (χ1n) is 6.49. The smallest absolute Gasteiger partial charge is 0.306 e. The molecule has 0 saturated carbocycles. The predicted molar refractivity (Wildman–Crippen MR) is 82.9 cm³/mol. The molecule has 0 aromatic carbocycles. The fourth-order valence-corrected chi connectivity index (χ4v) is 3.05. The zero-order valence-electron chi connectivity index (χ0n) is 11.8. The molecule has 0 fully saturated rings. The minimum atomic E-state index is -0.219. The van der Waals surface area contributed by atoms with E-state index in [0.29, 0.717) is 31.3 Å². The molecule has 0 N–H and O–H groups in total. The lowest BCUT2D eigenvalue weighted by Gasteiger charge is -2.17. The third-order valence-electron chi connectivity index (χ3n) is 2.92. The van der Waals surface area contributed by atoms with Crippen molar-refractivity contribution in [3.05, 3.63) is 21.8 Å². The molecule has 2 heterocycles. The van der Waals surface area contributed by atoms with Gasteiger partial charge in [0.05, 0.1) is 28.7 Å². The molecular weight excluding hydrogens is 358 g/mol. The van der Waals surface area contributed by atoms with Crippen molar-refractivity contribution in [2.45, 2.75) is 19.9 Å². The molecule has 114 valence electrons. The summed E-state index contributed by atoms with van der Waals surface area (Å²) in [5, 5.41) is 8.11. The number of hydrogen-bond acceptors (Lipinski definition) is 7. The molecule has 0 aliphatic carbocycles. The van der Waals surface area contributed by atoms with Crippen LogP contribution >= 0.6 is 27.3 Å². The quantitative estimate of drug-likeness (QED) is 0.695. The Balaban J connectivity index is 1.95. The van der Waals surface area contributed by atoms with Gasteiger partial charge in [-0.15, -0.1) is 21.5 Å². The fourth-order valence-electron chi connectivity index (χ4n) is 1.74. The highest BCUT2D eigenvalue weighted by Gasteiger charge is 2.14. The Morgan fingerprint density at radius 1 is 1.48 bits per heavy atom. The molecule has 0 unspecified atom stereocenters. The molecule has 0 atom stereocenters. The molecule has 6 nitrogen and oxygen atoms in total. The van der Waals surface area contributed by atoms with E-state index < -0.39 is 0 Å². The zero-order chi connectivity index (χ0) is 15.2. The van der Waals surface area contributed by atoms with Crippen molar-refractivity contribution in [1.29, 1.82) is 0 Å². The second-order valence-corrected chi connectivity index (χ2v) is 6.76. The van der Waals surface area contributed by atoms with E-state index in [1.807, 2.05) is 19.1 Å². The van der Waals surface area contributed by atoms with Gasteiger partial charge < -0.3 is 9.15 Å². The lowest BCUT2D eigenvalue weighted by molar-refractivity contribution is -0.141. The van der Waals surface area contributed by atoms with Crippen LogP contribution in [0.2, 0.25) is 0 Å². The van der Waals surface area contributed by atoms with Gasteiger partial charge in [0, 0.05) is 6.54 Å². The van der Waals surface area contributed by atoms with Crippen molar-refractivity contribution in [2.24, 2.45) is 0 Å². The highest BCUT2D eigenvalue weighted by molar-refractivity contribution is 9.11. The maximum Gasteiger partial charge on any atom is 0.306 e. The summed E-state index contributed by atoms with van der Waals surface area (Å²) in [6.07, 6.45) is 0.350. The molecule has 2 aromatic heterocycles. The van der Waals surface area contributed by atoms with Gasteiger partial charge in [0.15, 0.2) is 0 Å². The average Bonchev–Trinajstić information content (AvgIpc) is 3.11. The maximum atomic E-state index is 11.2. The van der Waals surface area contributed by atoms with Crippen molar-refractivity contribution in [3.8, 4) is 10.8 Å². The Labute approximate surface area is 135 Å². The topological polar surface area (TPSA) is 68.5 Å². The van der Waals surface area contributed by atoms with E-state index in [9.17, 15) is 4.79 Å². The Morgan fingerprint density at radius 2 is 2.29 bits per heavy atom. The van der Waals surface area contributed by atoms with Crippen LogP contribution in [-0.2, 0) is 16.1 Å². The van der Waals surface area contributed by atoms with Gasteiger partial charge in [-0.1, -0.05) is 6.92 Å². The minimum Gasteiger partial charge on any atom is -0.469 e. The molecule has 0 saturated heterocycles. The van der Waals surface area contributed by atoms with Crippen LogP contribution in [-0.4, -0.2) is 41.3 Å². The summed E-state index contributed by atoms with van der Waals surface area (Å²) in [4.78, 5) is 14.2. The van der Waals surface area contributed by atoms with Crippen LogP contribution in [0.25, 0.3) is 10.8 Å². The first-order valence-corrected chi connectivity index (χ1v) is 8.10. The summed E-state index contributed by atoms with van der Waals surface area (Å²) in [7, 11) is 1.39. The van der Waals surface area contributed by atoms with E-state index in [2.05, 4.69) is 35.8 Å². The number of ether oxygens (including phenoxy) is 1. The molecule has 2 aromatic rings. The molecule has 0 aliphatic rings. The second-order valence-electron chi connectivity index (χ2n) is 4.30. The first-order chi connectivity index (χ1) is 10.1. The summed E-state index contributed by atoms with van der Waals surface area (Å²) in [5.74, 6) is 0.842. The van der Waals surface area contributed by atoms with Crippen molar-refractivity contribution in [2.75, 3.05) is 20.2 Å². The standard InChI is InChI=1S/C13H16BrN3O3S/c1-3-17(7-6-12(18)19-2)8-11-15-16-13(20-11)9-4-5-10(14)21-9/h4-5H,3,6-8H2,1-2H3. The zero-order valence-corrected chi connectivity index (χ0v) is 14.2. The molecule has 0 bridgehead atoms. The van der Waals surface area contributed by atoms with Crippen LogP contribution < -0.4 is 0 Å². The van der Waals surface area contributed by atoms with Gasteiger partial charge in [0.25, 0.3) is 5.89 Å². The average molecular weight is 374 g/mol. The van der Waals surface area contributed by atoms with Gasteiger partial charge >= 0.3 is 5.97 Å². The number of hydrogen-bond donors (Lipinski definition) is 0. The van der Waals surface area contributed by atoms with Crippen LogP contribution in [0.1, 0.15) is 19.2 Å². The monoisotopic (exact) mass is 373 g/mol. The Morgan fingerprint density at radius 3 is 2.90 bits per heavy atom. The molecule has 21 heavy (non-hydrogen) atoms. The Bertz CT molecular complexity index is 599. The van der Waals surface area contributed by atoms with Gasteiger partial charge in [0.2, 0.25) is 5.89 Å². The van der Waals surface area contributed by atoms with Crippen molar-refractivity contribution < 1.29 is 13.9 Å². The van der Waals surface area contributed by atoms with Crippen molar-refractivity contribution in [3.63, 3.8) is 0 Å². The van der Waals surface area contributed by atoms with E-state index in [4.69, 9.17) is 4.42 Å². The van der Waals surface area contributed by atoms with Crippen LogP contribution in [0.4, 0.5) is 0 Å². The summed E-state index contributed by atoms with van der Waals surface area (Å²) in [6, 6.07) is 3.87.